The predicted octanol–water partition coefficient (Wildman–Crippen LogP) is 5.45. The number of nitrogens with zero attached hydrogens (tertiary/aromatic N) is 4. The Bertz CT molecular complexity index is 1620. The van der Waals surface area contributed by atoms with E-state index in [1.807, 2.05) is 31.4 Å². The van der Waals surface area contributed by atoms with Gasteiger partial charge in [0.2, 0.25) is 5.91 Å². The molecule has 0 spiro atoms. The molecule has 0 saturated heterocycles. The monoisotopic (exact) mass is 475 g/mol. The molecule has 0 saturated carbocycles. The van der Waals surface area contributed by atoms with Gasteiger partial charge in [-0.25, -0.2) is 9.97 Å². The molecule has 8 nitrogen and oxygen atoms in total. The smallest absolute Gasteiger partial charge is 0.221 e. The summed E-state index contributed by atoms with van der Waals surface area (Å²) in [4.78, 5) is 33.0. The van der Waals surface area contributed by atoms with E-state index in [4.69, 9.17) is 4.98 Å². The summed E-state index contributed by atoms with van der Waals surface area (Å²) in [5, 5.41) is 5.91. The summed E-state index contributed by atoms with van der Waals surface area (Å²) in [7, 11) is 1.82. The number of imidazole rings is 1. The second kappa shape index (κ2) is 9.42. The highest BCUT2D eigenvalue weighted by atomic mass is 16.1. The molecule has 0 unspecified atom stereocenters. The van der Waals surface area contributed by atoms with Crippen LogP contribution in [0.3, 0.4) is 0 Å². The van der Waals surface area contributed by atoms with Gasteiger partial charge in [-0.3, -0.25) is 14.8 Å². The van der Waals surface area contributed by atoms with Crippen LogP contribution in [0.5, 0.6) is 0 Å². The number of carbonyl (C=O) groups is 1. The SMILES string of the molecule is C=C(c1nc2c(-c3cccc(C)c3)cncc2[nH]1)c1cc(-c2cncc(NC(C)=O)c2)cnc1NC. The van der Waals surface area contributed by atoms with Gasteiger partial charge in [0.15, 0.2) is 0 Å². The van der Waals surface area contributed by atoms with Crippen molar-refractivity contribution < 1.29 is 4.79 Å². The first-order valence-electron chi connectivity index (χ1n) is 11.4. The zero-order chi connectivity index (χ0) is 25.2. The van der Waals surface area contributed by atoms with E-state index in [2.05, 4.69) is 62.3 Å². The molecule has 5 aromatic rings. The summed E-state index contributed by atoms with van der Waals surface area (Å²) in [6.07, 6.45) is 8.70. The fourth-order valence-corrected chi connectivity index (χ4v) is 4.15. The number of hydrogen-bond acceptors (Lipinski definition) is 6. The molecule has 0 fully saturated rings. The number of fused-ring (bicyclic) bond motifs is 1. The molecule has 36 heavy (non-hydrogen) atoms. The Hall–Kier alpha value is -4.85. The topological polar surface area (TPSA) is 108 Å². The number of benzene rings is 1. The first-order chi connectivity index (χ1) is 17.4. The number of pyridine rings is 3. The quantitative estimate of drug-likeness (QED) is 0.301. The van der Waals surface area contributed by atoms with Gasteiger partial charge in [-0.1, -0.05) is 36.4 Å². The summed E-state index contributed by atoms with van der Waals surface area (Å²) in [5.74, 6) is 1.15. The number of aromatic nitrogens is 5. The number of anilines is 2. The maximum atomic E-state index is 11.5. The van der Waals surface area contributed by atoms with Crippen LogP contribution in [0.1, 0.15) is 23.9 Å². The number of amides is 1. The van der Waals surface area contributed by atoms with Crippen LogP contribution in [0.2, 0.25) is 0 Å². The van der Waals surface area contributed by atoms with Gasteiger partial charge < -0.3 is 15.6 Å². The van der Waals surface area contributed by atoms with Crippen LogP contribution in [0, 0.1) is 6.92 Å². The molecule has 1 aromatic carbocycles. The number of nitrogens with one attached hydrogen (secondary N) is 3. The lowest BCUT2D eigenvalue weighted by molar-refractivity contribution is -0.114. The maximum Gasteiger partial charge on any atom is 0.221 e. The van der Waals surface area contributed by atoms with Gasteiger partial charge in [0.1, 0.15) is 11.6 Å². The molecule has 0 aliphatic rings. The van der Waals surface area contributed by atoms with Crippen molar-refractivity contribution >= 4 is 34.0 Å². The van der Waals surface area contributed by atoms with Crippen LogP contribution >= 0.6 is 0 Å². The molecule has 178 valence electrons. The average Bonchev–Trinajstić information content (AvgIpc) is 3.32. The highest BCUT2D eigenvalue weighted by Crippen LogP contribution is 2.33. The predicted molar refractivity (Wildman–Crippen MR) is 144 cm³/mol. The van der Waals surface area contributed by atoms with Gasteiger partial charge in [0.25, 0.3) is 0 Å². The minimum absolute atomic E-state index is 0.156. The van der Waals surface area contributed by atoms with Gasteiger partial charge in [0, 0.05) is 60.4 Å². The van der Waals surface area contributed by atoms with Crippen molar-refractivity contribution in [1.29, 1.82) is 0 Å². The molecule has 4 heterocycles. The minimum atomic E-state index is -0.156. The number of carbonyl (C=O) groups excluding carboxylic acids is 1. The van der Waals surface area contributed by atoms with Crippen LogP contribution in [0.4, 0.5) is 11.5 Å². The Morgan fingerprint density at radius 3 is 2.56 bits per heavy atom. The molecule has 4 aromatic heterocycles. The molecule has 0 radical (unpaired) electrons. The molecule has 0 bridgehead atoms. The average molecular weight is 476 g/mol. The van der Waals surface area contributed by atoms with Crippen molar-refractivity contribution in [3.63, 3.8) is 0 Å². The van der Waals surface area contributed by atoms with Crippen molar-refractivity contribution in [1.82, 2.24) is 24.9 Å². The van der Waals surface area contributed by atoms with Crippen LogP contribution < -0.4 is 10.6 Å². The van der Waals surface area contributed by atoms with Crippen LogP contribution in [0.25, 0.3) is 38.9 Å². The summed E-state index contributed by atoms with van der Waals surface area (Å²) >= 11 is 0. The molecule has 0 atom stereocenters. The lowest BCUT2D eigenvalue weighted by Crippen LogP contribution is -2.06. The van der Waals surface area contributed by atoms with Crippen molar-refractivity contribution in [2.24, 2.45) is 0 Å². The van der Waals surface area contributed by atoms with E-state index in [1.165, 1.54) is 12.5 Å². The molecule has 5 rings (SSSR count). The number of H-pyrrole nitrogens is 1. The lowest BCUT2D eigenvalue weighted by Gasteiger charge is -2.12. The Morgan fingerprint density at radius 1 is 0.972 bits per heavy atom. The van der Waals surface area contributed by atoms with Crippen molar-refractivity contribution in [2.75, 3.05) is 17.7 Å². The first-order valence-corrected chi connectivity index (χ1v) is 11.4. The highest BCUT2D eigenvalue weighted by molar-refractivity contribution is 5.94. The normalized spacial score (nSPS) is 10.9. The molecule has 0 aliphatic heterocycles. The number of rotatable bonds is 6. The summed E-state index contributed by atoms with van der Waals surface area (Å²) < 4.78 is 0. The second-order valence-electron chi connectivity index (χ2n) is 8.53. The fourth-order valence-electron chi connectivity index (χ4n) is 4.15. The van der Waals surface area contributed by atoms with Crippen molar-refractivity contribution in [3.8, 4) is 22.3 Å². The molecule has 8 heteroatoms. The van der Waals surface area contributed by atoms with Crippen LogP contribution in [-0.4, -0.2) is 37.9 Å². The third-order valence-corrected chi connectivity index (χ3v) is 5.85. The minimum Gasteiger partial charge on any atom is -0.373 e. The Kier molecular flexibility index (Phi) is 6.00. The van der Waals surface area contributed by atoms with Crippen LogP contribution in [-0.2, 0) is 4.79 Å². The number of aromatic amines is 1. The van der Waals surface area contributed by atoms with E-state index < -0.39 is 0 Å². The van der Waals surface area contributed by atoms with Gasteiger partial charge in [-0.2, -0.15) is 0 Å². The molecular weight excluding hydrogens is 450 g/mol. The fraction of sp³-hybridized carbons (Fsp3) is 0.107. The van der Waals surface area contributed by atoms with Gasteiger partial charge in [-0.05, 0) is 24.6 Å². The van der Waals surface area contributed by atoms with E-state index in [9.17, 15) is 4.79 Å². The highest BCUT2D eigenvalue weighted by Gasteiger charge is 2.17. The molecule has 1 amide bonds. The van der Waals surface area contributed by atoms with Gasteiger partial charge in [-0.15, -0.1) is 0 Å². The van der Waals surface area contributed by atoms with Crippen LogP contribution in [0.15, 0.2) is 74.0 Å². The first kappa shape index (κ1) is 22.9. The molecule has 0 aliphatic carbocycles. The van der Waals surface area contributed by atoms with Crippen molar-refractivity contribution in [2.45, 2.75) is 13.8 Å². The van der Waals surface area contributed by atoms with E-state index in [1.54, 1.807) is 24.8 Å². The standard InChI is InChI=1S/C28H25N7O/c1-16-6-5-7-19(8-16)24-14-31-15-25-26(24)35-27(34-25)17(2)23-10-21(12-32-28(23)29-4)20-9-22(13-30-11-20)33-18(3)36/h5-15H,2H2,1,3-4H3,(H,29,32)(H,33,36)(H,34,35). The Morgan fingerprint density at radius 2 is 1.78 bits per heavy atom. The van der Waals surface area contributed by atoms with Gasteiger partial charge in [0.05, 0.1) is 29.1 Å². The number of hydrogen-bond donors (Lipinski definition) is 3. The Labute approximate surface area is 208 Å². The molecule has 3 N–H and O–H groups in total. The van der Waals surface area contributed by atoms with E-state index in [-0.39, 0.29) is 5.91 Å². The van der Waals surface area contributed by atoms with E-state index in [0.29, 0.717) is 22.9 Å². The zero-order valence-electron chi connectivity index (χ0n) is 20.3. The summed E-state index contributed by atoms with van der Waals surface area (Å²) in [5.41, 5.74) is 8.59. The van der Waals surface area contributed by atoms with E-state index >= 15 is 0 Å². The molecular formula is C28H25N7O. The number of aryl methyl sites for hydroxylation is 1. The second-order valence-corrected chi connectivity index (χ2v) is 8.53. The zero-order valence-corrected chi connectivity index (χ0v) is 20.3. The largest absolute Gasteiger partial charge is 0.373 e. The van der Waals surface area contributed by atoms with Crippen molar-refractivity contribution in [3.05, 3.63) is 90.9 Å². The third kappa shape index (κ3) is 4.44. The lowest BCUT2D eigenvalue weighted by atomic mass is 10.0. The Balaban J connectivity index is 1.56. The third-order valence-electron chi connectivity index (χ3n) is 5.85. The summed E-state index contributed by atoms with van der Waals surface area (Å²) in [6, 6.07) is 12.1. The van der Waals surface area contributed by atoms with Gasteiger partial charge >= 0.3 is 0 Å². The van der Waals surface area contributed by atoms with E-state index in [0.717, 1.165) is 38.9 Å². The maximum absolute atomic E-state index is 11.5. The summed E-state index contributed by atoms with van der Waals surface area (Å²) in [6.45, 7) is 7.87.